The molecule has 114 valence electrons. The van der Waals surface area contributed by atoms with Gasteiger partial charge in [0.1, 0.15) is 5.75 Å². The molecule has 4 nitrogen and oxygen atoms in total. The van der Waals surface area contributed by atoms with Crippen LogP contribution >= 0.6 is 0 Å². The summed E-state index contributed by atoms with van der Waals surface area (Å²) >= 11 is 0. The van der Waals surface area contributed by atoms with Gasteiger partial charge in [-0.2, -0.15) is 5.10 Å². The second-order valence-electron chi connectivity index (χ2n) is 6.47. The van der Waals surface area contributed by atoms with Gasteiger partial charge in [0, 0.05) is 23.7 Å². The SMILES string of the molecule is COc1ccc(C(C)(C)C)cc1C(CN)c1cc(C)[nH]n1. The minimum atomic E-state index is 0.0344. The lowest BCUT2D eigenvalue weighted by Gasteiger charge is -2.23. The van der Waals surface area contributed by atoms with Gasteiger partial charge in [-0.3, -0.25) is 5.10 Å². The van der Waals surface area contributed by atoms with Crippen LogP contribution in [0.4, 0.5) is 0 Å². The predicted octanol–water partition coefficient (Wildman–Crippen LogP) is 3.11. The summed E-state index contributed by atoms with van der Waals surface area (Å²) in [5.74, 6) is 0.895. The quantitative estimate of drug-likeness (QED) is 0.908. The van der Waals surface area contributed by atoms with Crippen LogP contribution < -0.4 is 10.5 Å². The molecule has 0 aliphatic rings. The van der Waals surface area contributed by atoms with Crippen molar-refractivity contribution in [1.29, 1.82) is 0 Å². The number of methoxy groups -OCH3 is 1. The van der Waals surface area contributed by atoms with E-state index in [1.807, 2.05) is 19.1 Å². The van der Waals surface area contributed by atoms with Crippen molar-refractivity contribution < 1.29 is 4.74 Å². The van der Waals surface area contributed by atoms with E-state index in [1.165, 1.54) is 5.56 Å². The highest BCUT2D eigenvalue weighted by atomic mass is 16.5. The number of hydrogen-bond acceptors (Lipinski definition) is 3. The summed E-state index contributed by atoms with van der Waals surface area (Å²) in [5.41, 5.74) is 10.5. The number of hydrogen-bond donors (Lipinski definition) is 2. The summed E-state index contributed by atoms with van der Waals surface area (Å²) in [4.78, 5) is 0. The van der Waals surface area contributed by atoms with Crippen LogP contribution in [0.5, 0.6) is 5.75 Å². The van der Waals surface area contributed by atoms with Gasteiger partial charge in [0.25, 0.3) is 0 Å². The number of aromatic nitrogens is 2. The van der Waals surface area contributed by atoms with Crippen molar-refractivity contribution >= 4 is 0 Å². The molecule has 2 aromatic rings. The van der Waals surface area contributed by atoms with E-state index in [-0.39, 0.29) is 11.3 Å². The van der Waals surface area contributed by atoms with Gasteiger partial charge in [0.2, 0.25) is 0 Å². The van der Waals surface area contributed by atoms with Crippen molar-refractivity contribution in [3.05, 3.63) is 46.8 Å². The second-order valence-corrected chi connectivity index (χ2v) is 6.47. The first-order valence-electron chi connectivity index (χ1n) is 7.27. The average Bonchev–Trinajstić information content (AvgIpc) is 2.85. The molecule has 1 aromatic heterocycles. The molecule has 1 atom stereocenters. The van der Waals surface area contributed by atoms with E-state index in [9.17, 15) is 0 Å². The van der Waals surface area contributed by atoms with E-state index in [0.717, 1.165) is 22.7 Å². The predicted molar refractivity (Wildman–Crippen MR) is 85.9 cm³/mol. The van der Waals surface area contributed by atoms with Crippen molar-refractivity contribution in [2.45, 2.75) is 39.0 Å². The van der Waals surface area contributed by atoms with Crippen LogP contribution in [-0.2, 0) is 5.41 Å². The molecule has 1 unspecified atom stereocenters. The molecular formula is C17H25N3O. The smallest absolute Gasteiger partial charge is 0.122 e. The van der Waals surface area contributed by atoms with Gasteiger partial charge < -0.3 is 10.5 Å². The van der Waals surface area contributed by atoms with E-state index >= 15 is 0 Å². The third-order valence-electron chi connectivity index (χ3n) is 3.79. The van der Waals surface area contributed by atoms with Crippen LogP contribution in [0.15, 0.2) is 24.3 Å². The number of aromatic amines is 1. The fraction of sp³-hybridized carbons (Fsp3) is 0.471. The number of nitrogens with two attached hydrogens (primary N) is 1. The third kappa shape index (κ3) is 3.27. The highest BCUT2D eigenvalue weighted by molar-refractivity contribution is 5.45. The van der Waals surface area contributed by atoms with E-state index in [1.54, 1.807) is 7.11 Å². The van der Waals surface area contributed by atoms with Crippen LogP contribution in [0, 0.1) is 6.92 Å². The minimum absolute atomic E-state index is 0.0344. The third-order valence-corrected chi connectivity index (χ3v) is 3.79. The Hall–Kier alpha value is -1.81. The number of rotatable bonds is 4. The van der Waals surface area contributed by atoms with Gasteiger partial charge in [-0.15, -0.1) is 0 Å². The Morgan fingerprint density at radius 2 is 2.00 bits per heavy atom. The zero-order valence-corrected chi connectivity index (χ0v) is 13.5. The van der Waals surface area contributed by atoms with E-state index in [0.29, 0.717) is 6.54 Å². The number of aryl methyl sites for hydroxylation is 1. The van der Waals surface area contributed by atoms with Crippen molar-refractivity contribution in [2.24, 2.45) is 5.73 Å². The van der Waals surface area contributed by atoms with Gasteiger partial charge in [0.15, 0.2) is 0 Å². The van der Waals surface area contributed by atoms with Crippen molar-refractivity contribution in [3.63, 3.8) is 0 Å². The minimum Gasteiger partial charge on any atom is -0.496 e. The number of nitrogens with zero attached hydrogens (tertiary/aromatic N) is 1. The van der Waals surface area contributed by atoms with Crippen LogP contribution in [0.25, 0.3) is 0 Å². The second kappa shape index (κ2) is 5.90. The van der Waals surface area contributed by atoms with Gasteiger partial charge >= 0.3 is 0 Å². The first-order chi connectivity index (χ1) is 9.86. The maximum atomic E-state index is 6.02. The van der Waals surface area contributed by atoms with Crippen LogP contribution in [-0.4, -0.2) is 23.9 Å². The van der Waals surface area contributed by atoms with Crippen LogP contribution in [0.1, 0.15) is 49.2 Å². The Labute approximate surface area is 126 Å². The number of benzene rings is 1. The summed E-state index contributed by atoms with van der Waals surface area (Å²) in [7, 11) is 1.69. The maximum Gasteiger partial charge on any atom is 0.122 e. The van der Waals surface area contributed by atoms with Gasteiger partial charge in [-0.1, -0.05) is 32.9 Å². The lowest BCUT2D eigenvalue weighted by Crippen LogP contribution is -2.17. The molecule has 21 heavy (non-hydrogen) atoms. The summed E-state index contributed by atoms with van der Waals surface area (Å²) in [5, 5.41) is 7.36. The number of nitrogens with one attached hydrogen (secondary N) is 1. The highest BCUT2D eigenvalue weighted by Gasteiger charge is 2.22. The largest absolute Gasteiger partial charge is 0.496 e. The monoisotopic (exact) mass is 287 g/mol. The molecule has 0 aliphatic heterocycles. The first kappa shape index (κ1) is 15.6. The van der Waals surface area contributed by atoms with E-state index in [2.05, 4.69) is 43.1 Å². The summed E-state index contributed by atoms with van der Waals surface area (Å²) < 4.78 is 5.53. The topological polar surface area (TPSA) is 63.9 Å². The first-order valence-corrected chi connectivity index (χ1v) is 7.27. The van der Waals surface area contributed by atoms with Crippen LogP contribution in [0.2, 0.25) is 0 Å². The lowest BCUT2D eigenvalue weighted by atomic mass is 9.83. The van der Waals surface area contributed by atoms with Crippen LogP contribution in [0.3, 0.4) is 0 Å². The highest BCUT2D eigenvalue weighted by Crippen LogP contribution is 2.34. The molecule has 0 saturated carbocycles. The summed E-state index contributed by atoms with van der Waals surface area (Å²) in [6.45, 7) is 9.10. The Morgan fingerprint density at radius 3 is 2.48 bits per heavy atom. The van der Waals surface area contributed by atoms with E-state index < -0.39 is 0 Å². The Morgan fingerprint density at radius 1 is 1.29 bits per heavy atom. The van der Waals surface area contributed by atoms with Crippen molar-refractivity contribution in [3.8, 4) is 5.75 Å². The molecule has 0 bridgehead atoms. The van der Waals surface area contributed by atoms with Gasteiger partial charge in [-0.25, -0.2) is 0 Å². The maximum absolute atomic E-state index is 6.02. The molecular weight excluding hydrogens is 262 g/mol. The van der Waals surface area contributed by atoms with Crippen molar-refractivity contribution in [2.75, 3.05) is 13.7 Å². The molecule has 3 N–H and O–H groups in total. The molecule has 0 amide bonds. The molecule has 0 saturated heterocycles. The fourth-order valence-electron chi connectivity index (χ4n) is 2.50. The number of H-pyrrole nitrogens is 1. The van der Waals surface area contributed by atoms with E-state index in [4.69, 9.17) is 10.5 Å². The number of ether oxygens (including phenoxy) is 1. The summed E-state index contributed by atoms with van der Waals surface area (Å²) in [6, 6.07) is 8.38. The molecule has 1 heterocycles. The van der Waals surface area contributed by atoms with Gasteiger partial charge in [-0.05, 0) is 30.0 Å². The fourth-order valence-corrected chi connectivity index (χ4v) is 2.50. The van der Waals surface area contributed by atoms with Gasteiger partial charge in [0.05, 0.1) is 12.8 Å². The molecule has 0 radical (unpaired) electrons. The zero-order valence-electron chi connectivity index (χ0n) is 13.5. The lowest BCUT2D eigenvalue weighted by molar-refractivity contribution is 0.406. The molecule has 0 aliphatic carbocycles. The Kier molecular flexibility index (Phi) is 4.37. The molecule has 0 fully saturated rings. The standard InChI is InChI=1S/C17H25N3O/c1-11-8-15(20-19-11)14(10-18)13-9-12(17(2,3)4)6-7-16(13)21-5/h6-9,14H,10,18H2,1-5H3,(H,19,20). The normalized spacial score (nSPS) is 13.2. The Bertz CT molecular complexity index is 611. The molecule has 1 aromatic carbocycles. The summed E-state index contributed by atoms with van der Waals surface area (Å²) in [6.07, 6.45) is 0. The average molecular weight is 287 g/mol. The zero-order chi connectivity index (χ0) is 15.6. The molecule has 0 spiro atoms. The molecule has 4 heteroatoms. The van der Waals surface area contributed by atoms with Crippen molar-refractivity contribution in [1.82, 2.24) is 10.2 Å². The Balaban J connectivity index is 2.53. The molecule has 2 rings (SSSR count).